The zero-order chi connectivity index (χ0) is 18.1. The van der Waals surface area contributed by atoms with E-state index in [0.29, 0.717) is 12.1 Å². The van der Waals surface area contributed by atoms with Crippen molar-refractivity contribution in [3.63, 3.8) is 0 Å². The third kappa shape index (κ3) is 3.03. The van der Waals surface area contributed by atoms with Gasteiger partial charge in [0.25, 0.3) is 0 Å². The number of aryl methyl sites for hydroxylation is 1. The third-order valence-corrected chi connectivity index (χ3v) is 4.65. The number of pyridine rings is 1. The topological polar surface area (TPSA) is 91.4 Å². The van der Waals surface area contributed by atoms with Gasteiger partial charge in [0.15, 0.2) is 0 Å². The molecular weight excluding hydrogens is 332 g/mol. The first-order valence-corrected chi connectivity index (χ1v) is 8.56. The molecule has 2 aliphatic rings. The zero-order valence-corrected chi connectivity index (χ0v) is 14.1. The van der Waals surface area contributed by atoms with Crippen LogP contribution in [-0.2, 0) is 33.8 Å². The third-order valence-electron chi connectivity index (χ3n) is 4.65. The lowest BCUT2D eigenvalue weighted by atomic mass is 9.99. The monoisotopic (exact) mass is 350 g/mol. The van der Waals surface area contributed by atoms with Crippen LogP contribution in [0.4, 0.5) is 11.4 Å². The van der Waals surface area contributed by atoms with E-state index in [2.05, 4.69) is 15.6 Å². The predicted molar refractivity (Wildman–Crippen MR) is 95.5 cm³/mol. The molecule has 26 heavy (non-hydrogen) atoms. The minimum atomic E-state index is -0.724. The summed E-state index contributed by atoms with van der Waals surface area (Å²) < 4.78 is 0. The molecule has 0 radical (unpaired) electrons. The summed E-state index contributed by atoms with van der Waals surface area (Å²) in [5.41, 5.74) is 4.32. The Balaban J connectivity index is 1.44. The Kier molecular flexibility index (Phi) is 4.12. The van der Waals surface area contributed by atoms with Gasteiger partial charge in [-0.1, -0.05) is 6.07 Å². The summed E-state index contributed by atoms with van der Waals surface area (Å²) in [6.45, 7) is 0.986. The average Bonchev–Trinajstić information content (AvgIpc) is 2.97. The average molecular weight is 350 g/mol. The van der Waals surface area contributed by atoms with Gasteiger partial charge in [-0.05, 0) is 47.7 Å². The quantitative estimate of drug-likeness (QED) is 0.813. The molecule has 3 heterocycles. The van der Waals surface area contributed by atoms with Gasteiger partial charge in [0.1, 0.15) is 0 Å². The number of carbonyl (C=O) groups is 3. The number of nitrogens with one attached hydrogen (secondary N) is 2. The molecule has 7 nitrogen and oxygen atoms in total. The molecule has 1 aromatic heterocycles. The highest BCUT2D eigenvalue weighted by Crippen LogP contribution is 2.38. The summed E-state index contributed by atoms with van der Waals surface area (Å²) in [5, 5.41) is 5.21. The van der Waals surface area contributed by atoms with Crippen LogP contribution in [-0.4, -0.2) is 29.3 Å². The van der Waals surface area contributed by atoms with Gasteiger partial charge in [0.2, 0.25) is 5.91 Å². The lowest BCUT2D eigenvalue weighted by Crippen LogP contribution is -2.35. The standard InChI is InChI=1S/C19H18N4O3/c24-16-9-14-8-15(7-13-4-2-6-23(16)17(13)14)22-19(26)18(25)21-11-12-3-1-5-20-10-12/h1,3,5,7-8,10H,2,4,6,9,11H2,(H,21,25)(H,22,26). The van der Waals surface area contributed by atoms with E-state index in [1.165, 1.54) is 0 Å². The minimum absolute atomic E-state index is 0.0960. The highest BCUT2D eigenvalue weighted by molar-refractivity contribution is 6.39. The molecule has 1 aromatic carbocycles. The fourth-order valence-corrected chi connectivity index (χ4v) is 3.50. The minimum Gasteiger partial charge on any atom is -0.344 e. The van der Waals surface area contributed by atoms with Gasteiger partial charge in [0.05, 0.1) is 12.1 Å². The molecule has 2 aliphatic heterocycles. The second-order valence-electron chi connectivity index (χ2n) is 6.47. The normalized spacial score (nSPS) is 14.8. The van der Waals surface area contributed by atoms with Crippen LogP contribution < -0.4 is 15.5 Å². The fraction of sp³-hybridized carbons (Fsp3) is 0.263. The molecule has 7 heteroatoms. The Labute approximate surface area is 150 Å². The molecule has 132 valence electrons. The fourth-order valence-electron chi connectivity index (χ4n) is 3.50. The van der Waals surface area contributed by atoms with Gasteiger partial charge in [-0.3, -0.25) is 19.4 Å². The van der Waals surface area contributed by atoms with Crippen molar-refractivity contribution < 1.29 is 14.4 Å². The smallest absolute Gasteiger partial charge is 0.313 e. The summed E-state index contributed by atoms with van der Waals surface area (Å²) in [7, 11) is 0. The van der Waals surface area contributed by atoms with Crippen LogP contribution in [0.5, 0.6) is 0 Å². The Hall–Kier alpha value is -3.22. The summed E-state index contributed by atoms with van der Waals surface area (Å²) >= 11 is 0. The van der Waals surface area contributed by atoms with Crippen LogP contribution in [0.3, 0.4) is 0 Å². The molecule has 0 bridgehead atoms. The van der Waals surface area contributed by atoms with Crippen molar-refractivity contribution in [2.45, 2.75) is 25.8 Å². The lowest BCUT2D eigenvalue weighted by Gasteiger charge is -2.26. The molecule has 0 saturated carbocycles. The molecule has 0 unspecified atom stereocenters. The van der Waals surface area contributed by atoms with E-state index in [-0.39, 0.29) is 12.5 Å². The summed E-state index contributed by atoms with van der Waals surface area (Å²) in [6.07, 6.45) is 5.39. The molecule has 2 N–H and O–H groups in total. The Bertz CT molecular complexity index is 895. The molecule has 0 atom stereocenters. The number of rotatable bonds is 3. The first-order chi connectivity index (χ1) is 12.6. The van der Waals surface area contributed by atoms with Crippen LogP contribution >= 0.6 is 0 Å². The van der Waals surface area contributed by atoms with Gasteiger partial charge >= 0.3 is 11.8 Å². The molecule has 0 saturated heterocycles. The largest absolute Gasteiger partial charge is 0.344 e. The van der Waals surface area contributed by atoms with Gasteiger partial charge in [-0.25, -0.2) is 0 Å². The number of amides is 3. The summed E-state index contributed by atoms with van der Waals surface area (Å²) in [5.74, 6) is -1.34. The zero-order valence-electron chi connectivity index (χ0n) is 14.1. The van der Waals surface area contributed by atoms with Crippen molar-refractivity contribution in [3.05, 3.63) is 53.3 Å². The maximum atomic E-state index is 12.2. The number of hydrogen-bond acceptors (Lipinski definition) is 4. The van der Waals surface area contributed by atoms with Crippen LogP contribution in [0, 0.1) is 0 Å². The van der Waals surface area contributed by atoms with Gasteiger partial charge < -0.3 is 15.5 Å². The Morgan fingerprint density at radius 1 is 1.19 bits per heavy atom. The number of hydrogen-bond donors (Lipinski definition) is 2. The molecule has 2 aromatic rings. The van der Waals surface area contributed by atoms with E-state index < -0.39 is 11.8 Å². The van der Waals surface area contributed by atoms with Crippen molar-refractivity contribution >= 4 is 29.1 Å². The van der Waals surface area contributed by atoms with E-state index in [0.717, 1.165) is 41.8 Å². The number of aromatic nitrogens is 1. The second kappa shape index (κ2) is 6.59. The molecule has 3 amide bonds. The first kappa shape index (κ1) is 16.3. The Morgan fingerprint density at radius 2 is 2.04 bits per heavy atom. The van der Waals surface area contributed by atoms with Crippen LogP contribution in [0.1, 0.15) is 23.1 Å². The number of carbonyl (C=O) groups excluding carboxylic acids is 3. The lowest BCUT2D eigenvalue weighted by molar-refractivity contribution is -0.136. The molecule has 0 aliphatic carbocycles. The molecule has 4 rings (SSSR count). The SMILES string of the molecule is O=C(NCc1cccnc1)C(=O)Nc1cc2c3c(c1)CC(=O)N3CCC2. The van der Waals surface area contributed by atoms with E-state index in [1.54, 1.807) is 24.5 Å². The van der Waals surface area contributed by atoms with E-state index in [9.17, 15) is 14.4 Å². The van der Waals surface area contributed by atoms with E-state index in [1.807, 2.05) is 17.0 Å². The summed E-state index contributed by atoms with van der Waals surface area (Å²) in [6, 6.07) is 7.23. The van der Waals surface area contributed by atoms with Gasteiger partial charge in [0, 0.05) is 31.2 Å². The highest BCUT2D eigenvalue weighted by Gasteiger charge is 2.32. The van der Waals surface area contributed by atoms with Crippen molar-refractivity contribution in [2.24, 2.45) is 0 Å². The molecular formula is C19H18N4O3. The van der Waals surface area contributed by atoms with Crippen LogP contribution in [0.2, 0.25) is 0 Å². The number of nitrogens with zero attached hydrogens (tertiary/aromatic N) is 2. The van der Waals surface area contributed by atoms with Crippen LogP contribution in [0.15, 0.2) is 36.7 Å². The predicted octanol–water partition coefficient (Wildman–Crippen LogP) is 1.17. The molecule has 0 spiro atoms. The maximum absolute atomic E-state index is 12.2. The van der Waals surface area contributed by atoms with Gasteiger partial charge in [-0.2, -0.15) is 0 Å². The summed E-state index contributed by atoms with van der Waals surface area (Å²) in [4.78, 5) is 42.0. The van der Waals surface area contributed by atoms with Gasteiger partial charge in [-0.15, -0.1) is 0 Å². The van der Waals surface area contributed by atoms with E-state index in [4.69, 9.17) is 0 Å². The van der Waals surface area contributed by atoms with Crippen LogP contribution in [0.25, 0.3) is 0 Å². The van der Waals surface area contributed by atoms with Crippen molar-refractivity contribution in [2.75, 3.05) is 16.8 Å². The van der Waals surface area contributed by atoms with Crippen molar-refractivity contribution in [3.8, 4) is 0 Å². The Morgan fingerprint density at radius 3 is 2.85 bits per heavy atom. The maximum Gasteiger partial charge on any atom is 0.313 e. The van der Waals surface area contributed by atoms with E-state index >= 15 is 0 Å². The molecule has 0 fully saturated rings. The van der Waals surface area contributed by atoms with Crippen molar-refractivity contribution in [1.82, 2.24) is 10.3 Å². The van der Waals surface area contributed by atoms with Crippen molar-refractivity contribution in [1.29, 1.82) is 0 Å². The number of benzene rings is 1. The first-order valence-electron chi connectivity index (χ1n) is 8.56. The number of anilines is 2. The highest BCUT2D eigenvalue weighted by atomic mass is 16.2. The second-order valence-corrected chi connectivity index (χ2v) is 6.47.